The number of rotatable bonds is 4. The van der Waals surface area contributed by atoms with E-state index in [-0.39, 0.29) is 11.6 Å². The number of hydrogen-bond donors (Lipinski definition) is 1. The molecule has 0 aliphatic carbocycles. The van der Waals surface area contributed by atoms with E-state index < -0.39 is 12.7 Å². The SMILES string of the molecule is Cc1cc(F)cc(C)c1C(N)c1ccccc1OC(F)F. The van der Waals surface area contributed by atoms with Crippen LogP contribution in [0.2, 0.25) is 0 Å². The molecule has 0 amide bonds. The van der Waals surface area contributed by atoms with Gasteiger partial charge in [-0.15, -0.1) is 0 Å². The second-order valence-corrected chi connectivity index (χ2v) is 4.85. The summed E-state index contributed by atoms with van der Waals surface area (Å²) in [6.45, 7) is 0.553. The van der Waals surface area contributed by atoms with E-state index in [4.69, 9.17) is 5.73 Å². The lowest BCUT2D eigenvalue weighted by molar-refractivity contribution is -0.0505. The summed E-state index contributed by atoms with van der Waals surface area (Å²) in [5.41, 5.74) is 8.69. The number of nitrogens with two attached hydrogens (primary N) is 1. The molecule has 2 aromatic carbocycles. The number of alkyl halides is 2. The van der Waals surface area contributed by atoms with Gasteiger partial charge in [0.1, 0.15) is 11.6 Å². The third-order valence-corrected chi connectivity index (χ3v) is 3.34. The van der Waals surface area contributed by atoms with E-state index in [1.807, 2.05) is 0 Å². The second-order valence-electron chi connectivity index (χ2n) is 4.85. The predicted molar refractivity (Wildman–Crippen MR) is 75.0 cm³/mol. The van der Waals surface area contributed by atoms with Crippen LogP contribution in [0.3, 0.4) is 0 Å². The number of para-hydroxylation sites is 1. The highest BCUT2D eigenvalue weighted by Gasteiger charge is 2.20. The zero-order chi connectivity index (χ0) is 15.6. The highest BCUT2D eigenvalue weighted by Crippen LogP contribution is 2.32. The van der Waals surface area contributed by atoms with Crippen molar-refractivity contribution < 1.29 is 17.9 Å². The van der Waals surface area contributed by atoms with Gasteiger partial charge in [-0.1, -0.05) is 18.2 Å². The van der Waals surface area contributed by atoms with Crippen molar-refractivity contribution in [1.29, 1.82) is 0 Å². The normalized spacial score (nSPS) is 12.5. The van der Waals surface area contributed by atoms with Crippen molar-refractivity contribution in [1.82, 2.24) is 0 Å². The Kier molecular flexibility index (Phi) is 4.53. The summed E-state index contributed by atoms with van der Waals surface area (Å²) in [6.07, 6.45) is 0. The molecule has 0 spiro atoms. The van der Waals surface area contributed by atoms with Crippen LogP contribution in [0.15, 0.2) is 36.4 Å². The third kappa shape index (κ3) is 3.36. The summed E-state index contributed by atoms with van der Waals surface area (Å²) >= 11 is 0. The molecule has 0 saturated carbocycles. The van der Waals surface area contributed by atoms with Gasteiger partial charge in [-0.05, 0) is 48.7 Å². The van der Waals surface area contributed by atoms with Crippen LogP contribution in [0.5, 0.6) is 5.75 Å². The standard InChI is InChI=1S/C16H16F3NO/c1-9-7-11(17)8-10(2)14(9)15(20)12-5-3-4-6-13(12)21-16(18)19/h3-8,15-16H,20H2,1-2H3. The van der Waals surface area contributed by atoms with Gasteiger partial charge in [-0.2, -0.15) is 8.78 Å². The van der Waals surface area contributed by atoms with Gasteiger partial charge >= 0.3 is 6.61 Å². The Balaban J connectivity index is 2.48. The molecule has 1 unspecified atom stereocenters. The van der Waals surface area contributed by atoms with Gasteiger partial charge in [0.05, 0.1) is 6.04 Å². The Morgan fingerprint density at radius 2 is 1.62 bits per heavy atom. The maximum absolute atomic E-state index is 13.4. The molecule has 0 aliphatic rings. The van der Waals surface area contributed by atoms with E-state index in [1.54, 1.807) is 32.0 Å². The molecule has 2 aromatic rings. The highest BCUT2D eigenvalue weighted by molar-refractivity contribution is 5.46. The minimum Gasteiger partial charge on any atom is -0.434 e. The largest absolute Gasteiger partial charge is 0.434 e. The van der Waals surface area contributed by atoms with Crippen LogP contribution in [0.25, 0.3) is 0 Å². The quantitative estimate of drug-likeness (QED) is 0.922. The lowest BCUT2D eigenvalue weighted by Gasteiger charge is -2.20. The average molecular weight is 295 g/mol. The van der Waals surface area contributed by atoms with Gasteiger partial charge < -0.3 is 10.5 Å². The number of hydrogen-bond acceptors (Lipinski definition) is 2. The smallest absolute Gasteiger partial charge is 0.387 e. The van der Waals surface area contributed by atoms with Crippen molar-refractivity contribution in [3.8, 4) is 5.75 Å². The average Bonchev–Trinajstić information content (AvgIpc) is 2.37. The van der Waals surface area contributed by atoms with Crippen molar-refractivity contribution in [2.75, 3.05) is 0 Å². The van der Waals surface area contributed by atoms with Crippen molar-refractivity contribution in [2.24, 2.45) is 5.73 Å². The van der Waals surface area contributed by atoms with Gasteiger partial charge in [-0.25, -0.2) is 4.39 Å². The molecule has 0 saturated heterocycles. The first-order chi connectivity index (χ1) is 9.90. The van der Waals surface area contributed by atoms with E-state index in [0.29, 0.717) is 22.3 Å². The first-order valence-corrected chi connectivity index (χ1v) is 6.46. The Labute approximate surface area is 121 Å². The van der Waals surface area contributed by atoms with Gasteiger partial charge in [0.25, 0.3) is 0 Å². The topological polar surface area (TPSA) is 35.2 Å². The van der Waals surface area contributed by atoms with E-state index >= 15 is 0 Å². The minimum atomic E-state index is -2.92. The zero-order valence-corrected chi connectivity index (χ0v) is 11.7. The van der Waals surface area contributed by atoms with Crippen molar-refractivity contribution in [3.05, 3.63) is 64.5 Å². The molecular weight excluding hydrogens is 279 g/mol. The van der Waals surface area contributed by atoms with E-state index in [1.165, 1.54) is 18.2 Å². The van der Waals surface area contributed by atoms with Crippen LogP contribution < -0.4 is 10.5 Å². The fourth-order valence-electron chi connectivity index (χ4n) is 2.51. The molecule has 0 aliphatic heterocycles. The van der Waals surface area contributed by atoms with Crippen LogP contribution in [0, 0.1) is 19.7 Å². The summed E-state index contributed by atoms with van der Waals surface area (Å²) < 4.78 is 42.8. The molecule has 2 nitrogen and oxygen atoms in total. The Bertz CT molecular complexity index is 620. The predicted octanol–water partition coefficient (Wildman–Crippen LogP) is 4.09. The Hall–Kier alpha value is -2.01. The van der Waals surface area contributed by atoms with Crippen LogP contribution in [0.1, 0.15) is 28.3 Å². The fourth-order valence-corrected chi connectivity index (χ4v) is 2.51. The monoisotopic (exact) mass is 295 g/mol. The molecule has 21 heavy (non-hydrogen) atoms. The van der Waals surface area contributed by atoms with Crippen LogP contribution in [0.4, 0.5) is 13.2 Å². The molecule has 2 rings (SSSR count). The number of halogens is 3. The molecule has 5 heteroatoms. The van der Waals surface area contributed by atoms with E-state index in [0.717, 1.165) is 0 Å². The number of ether oxygens (including phenoxy) is 1. The first kappa shape index (κ1) is 15.4. The molecular formula is C16H16F3NO. The molecule has 0 heterocycles. The van der Waals surface area contributed by atoms with Gasteiger partial charge in [-0.3, -0.25) is 0 Å². The minimum absolute atomic E-state index is 0.0307. The van der Waals surface area contributed by atoms with Crippen molar-refractivity contribution in [2.45, 2.75) is 26.5 Å². The zero-order valence-electron chi connectivity index (χ0n) is 11.7. The summed E-state index contributed by atoms with van der Waals surface area (Å²) in [5.74, 6) is -0.318. The van der Waals surface area contributed by atoms with E-state index in [2.05, 4.69) is 4.74 Å². The Morgan fingerprint density at radius 1 is 1.05 bits per heavy atom. The lowest BCUT2D eigenvalue weighted by Crippen LogP contribution is -2.17. The van der Waals surface area contributed by atoms with Crippen molar-refractivity contribution >= 4 is 0 Å². The summed E-state index contributed by atoms with van der Waals surface area (Å²) in [4.78, 5) is 0. The summed E-state index contributed by atoms with van der Waals surface area (Å²) in [6, 6.07) is 8.44. The summed E-state index contributed by atoms with van der Waals surface area (Å²) in [7, 11) is 0. The highest BCUT2D eigenvalue weighted by atomic mass is 19.3. The Morgan fingerprint density at radius 3 is 2.19 bits per heavy atom. The maximum atomic E-state index is 13.4. The van der Waals surface area contributed by atoms with Crippen LogP contribution in [-0.4, -0.2) is 6.61 Å². The third-order valence-electron chi connectivity index (χ3n) is 3.34. The maximum Gasteiger partial charge on any atom is 0.387 e. The first-order valence-electron chi connectivity index (χ1n) is 6.46. The van der Waals surface area contributed by atoms with Gasteiger partial charge in [0, 0.05) is 5.56 Å². The second kappa shape index (κ2) is 6.18. The van der Waals surface area contributed by atoms with Crippen molar-refractivity contribution in [3.63, 3.8) is 0 Å². The van der Waals surface area contributed by atoms with Gasteiger partial charge in [0.15, 0.2) is 0 Å². The summed E-state index contributed by atoms with van der Waals surface area (Å²) in [5, 5.41) is 0. The fraction of sp³-hybridized carbons (Fsp3) is 0.250. The molecule has 1 atom stereocenters. The van der Waals surface area contributed by atoms with Gasteiger partial charge in [0.2, 0.25) is 0 Å². The number of aryl methyl sites for hydroxylation is 2. The molecule has 0 radical (unpaired) electrons. The van der Waals surface area contributed by atoms with Crippen LogP contribution >= 0.6 is 0 Å². The molecule has 0 fully saturated rings. The molecule has 0 aromatic heterocycles. The molecule has 0 bridgehead atoms. The van der Waals surface area contributed by atoms with Crippen LogP contribution in [-0.2, 0) is 0 Å². The lowest BCUT2D eigenvalue weighted by atomic mass is 9.91. The van der Waals surface area contributed by atoms with E-state index in [9.17, 15) is 13.2 Å². The number of benzene rings is 2. The molecule has 112 valence electrons. The molecule has 2 N–H and O–H groups in total.